The highest BCUT2D eigenvalue weighted by Crippen LogP contribution is 2.51. The van der Waals surface area contributed by atoms with Gasteiger partial charge in [-0.3, -0.25) is 9.55 Å². The third-order valence-corrected chi connectivity index (χ3v) is 11.1. The SMILES string of the molecule is C=Cc1sc2c(c1/C=C\C)c1c3ccccc3c3ccccc3c1c1c3ccccc3n(-c3cc(-c4ccccc4)c4ncccc4n3)c21. The molecule has 0 aliphatic heterocycles. The molecule has 0 aliphatic rings. The van der Waals surface area contributed by atoms with E-state index >= 15 is 0 Å². The van der Waals surface area contributed by atoms with Gasteiger partial charge in [-0.25, -0.2) is 4.98 Å². The van der Waals surface area contributed by atoms with Crippen LogP contribution in [-0.4, -0.2) is 14.5 Å². The Morgan fingerprint density at radius 3 is 2.04 bits per heavy atom. The summed E-state index contributed by atoms with van der Waals surface area (Å²) in [6.07, 6.45) is 8.27. The molecule has 0 spiro atoms. The topological polar surface area (TPSA) is 30.7 Å². The summed E-state index contributed by atoms with van der Waals surface area (Å²) < 4.78 is 3.63. The molecule has 4 heteroatoms. The van der Waals surface area contributed by atoms with Crippen LogP contribution < -0.4 is 0 Å². The molecule has 0 fully saturated rings. The molecule has 0 bridgehead atoms. The van der Waals surface area contributed by atoms with Crippen molar-refractivity contribution in [1.82, 2.24) is 14.5 Å². The molecule has 10 rings (SSSR count). The number of hydrogen-bond acceptors (Lipinski definition) is 3. The monoisotopic (exact) mass is 643 g/mol. The molecule has 4 heterocycles. The molecule has 0 aliphatic carbocycles. The van der Waals surface area contributed by atoms with Crippen molar-refractivity contribution in [2.24, 2.45) is 0 Å². The van der Waals surface area contributed by atoms with Crippen LogP contribution in [-0.2, 0) is 0 Å². The Hall–Kier alpha value is -6.10. The fraction of sp³-hybridized carbons (Fsp3) is 0.0222. The van der Waals surface area contributed by atoms with E-state index in [1.165, 1.54) is 64.3 Å². The van der Waals surface area contributed by atoms with Crippen LogP contribution in [0.4, 0.5) is 0 Å². The summed E-state index contributed by atoms with van der Waals surface area (Å²) in [5.74, 6) is 0.873. The second kappa shape index (κ2) is 10.7. The van der Waals surface area contributed by atoms with Crippen molar-refractivity contribution in [3.8, 4) is 16.9 Å². The fourth-order valence-electron chi connectivity index (χ4n) is 7.97. The van der Waals surface area contributed by atoms with Gasteiger partial charge in [-0.15, -0.1) is 11.3 Å². The summed E-state index contributed by atoms with van der Waals surface area (Å²) in [7, 11) is 0. The zero-order valence-corrected chi connectivity index (χ0v) is 27.6. The molecule has 3 nitrogen and oxygen atoms in total. The molecule has 230 valence electrons. The first kappa shape index (κ1) is 28.0. The Bertz CT molecular complexity index is 3020. The number of pyridine rings is 2. The Labute approximate surface area is 286 Å². The number of rotatable bonds is 4. The average molecular weight is 644 g/mol. The highest BCUT2D eigenvalue weighted by Gasteiger charge is 2.26. The maximum Gasteiger partial charge on any atom is 0.139 e. The van der Waals surface area contributed by atoms with Crippen molar-refractivity contribution in [3.63, 3.8) is 0 Å². The molecule has 0 saturated heterocycles. The van der Waals surface area contributed by atoms with Crippen LogP contribution in [0.25, 0.3) is 104 Å². The van der Waals surface area contributed by atoms with Gasteiger partial charge in [-0.1, -0.05) is 122 Å². The van der Waals surface area contributed by atoms with E-state index in [0.717, 1.165) is 38.4 Å². The highest BCUT2D eigenvalue weighted by atomic mass is 32.1. The molecule has 49 heavy (non-hydrogen) atoms. The summed E-state index contributed by atoms with van der Waals surface area (Å²) >= 11 is 1.82. The van der Waals surface area contributed by atoms with E-state index < -0.39 is 0 Å². The third-order valence-electron chi connectivity index (χ3n) is 9.88. The van der Waals surface area contributed by atoms with E-state index in [9.17, 15) is 0 Å². The lowest BCUT2D eigenvalue weighted by molar-refractivity contribution is 1.10. The Kier molecular flexibility index (Phi) is 6.11. The second-order valence-corrected chi connectivity index (χ2v) is 13.5. The molecule has 0 saturated carbocycles. The van der Waals surface area contributed by atoms with E-state index in [-0.39, 0.29) is 0 Å². The first-order chi connectivity index (χ1) is 24.3. The summed E-state index contributed by atoms with van der Waals surface area (Å²) in [5, 5.41) is 11.3. The van der Waals surface area contributed by atoms with E-state index in [1.54, 1.807) is 0 Å². The second-order valence-electron chi connectivity index (χ2n) is 12.5. The van der Waals surface area contributed by atoms with Gasteiger partial charge in [-0.2, -0.15) is 0 Å². The first-order valence-corrected chi connectivity index (χ1v) is 17.4. The van der Waals surface area contributed by atoms with Crippen LogP contribution >= 0.6 is 11.3 Å². The number of fused-ring (bicyclic) bond motifs is 14. The lowest BCUT2D eigenvalue weighted by atomic mass is 9.89. The lowest BCUT2D eigenvalue weighted by Gasteiger charge is -2.16. The zero-order chi connectivity index (χ0) is 32.6. The molecule has 6 aromatic carbocycles. The molecule has 0 radical (unpaired) electrons. The summed E-state index contributed by atoms with van der Waals surface area (Å²) in [6.45, 7) is 6.39. The van der Waals surface area contributed by atoms with E-state index in [0.29, 0.717) is 0 Å². The quantitative estimate of drug-likeness (QED) is 0.179. The van der Waals surface area contributed by atoms with E-state index in [2.05, 4.69) is 145 Å². The molecule has 4 aromatic heterocycles. The molecule has 0 amide bonds. The maximum absolute atomic E-state index is 5.36. The van der Waals surface area contributed by atoms with Gasteiger partial charge in [0.2, 0.25) is 0 Å². The number of nitrogens with zero attached hydrogens (tertiary/aromatic N) is 3. The largest absolute Gasteiger partial charge is 0.292 e. The number of allylic oxidation sites excluding steroid dienone is 1. The van der Waals surface area contributed by atoms with Crippen LogP contribution in [0, 0.1) is 0 Å². The van der Waals surface area contributed by atoms with E-state index in [4.69, 9.17) is 9.97 Å². The van der Waals surface area contributed by atoms with Gasteiger partial charge in [-0.05, 0) is 58.3 Å². The standard InChI is InChI=1S/C45H29N3S/c1-3-15-33-37(4-2)49-45-42(33)40-31-21-11-9-19-29(31)28-18-8-10-20-30(28)39(40)41-32-22-12-13-24-36(32)48(44(41)45)38-26-34(27-16-6-5-7-17-27)43-35(47-38)23-14-25-46-43/h3-26H,2H2,1H3/b15-3-. The van der Waals surface area contributed by atoms with Gasteiger partial charge in [0.1, 0.15) is 5.82 Å². The summed E-state index contributed by atoms with van der Waals surface area (Å²) in [5.41, 5.74) is 7.44. The number of benzene rings is 6. The number of thiophene rings is 1. The van der Waals surface area contributed by atoms with Crippen LogP contribution in [0.5, 0.6) is 0 Å². The van der Waals surface area contributed by atoms with Crippen molar-refractivity contribution < 1.29 is 0 Å². The summed E-state index contributed by atoms with van der Waals surface area (Å²) in [4.78, 5) is 11.3. The fourth-order valence-corrected chi connectivity index (χ4v) is 9.15. The highest BCUT2D eigenvalue weighted by molar-refractivity contribution is 7.21. The molecular formula is C45H29N3S. The van der Waals surface area contributed by atoms with Gasteiger partial charge >= 0.3 is 0 Å². The minimum Gasteiger partial charge on any atom is -0.292 e. The number of hydrogen-bond donors (Lipinski definition) is 0. The molecule has 0 unspecified atom stereocenters. The Balaban J connectivity index is 1.52. The molecular weight excluding hydrogens is 615 g/mol. The smallest absolute Gasteiger partial charge is 0.139 e. The average Bonchev–Trinajstić information content (AvgIpc) is 3.71. The van der Waals surface area contributed by atoms with Gasteiger partial charge in [0.25, 0.3) is 0 Å². The minimum absolute atomic E-state index is 0.867. The van der Waals surface area contributed by atoms with Crippen LogP contribution in [0.1, 0.15) is 17.4 Å². The van der Waals surface area contributed by atoms with Gasteiger partial charge < -0.3 is 0 Å². The van der Waals surface area contributed by atoms with Gasteiger partial charge in [0.05, 0.1) is 26.8 Å². The summed E-state index contributed by atoms with van der Waals surface area (Å²) in [6, 6.07) is 43.4. The van der Waals surface area contributed by atoms with Crippen molar-refractivity contribution in [3.05, 3.63) is 151 Å². The normalized spacial score (nSPS) is 12.2. The molecule has 10 aromatic rings. The van der Waals surface area contributed by atoms with Crippen molar-refractivity contribution in [2.45, 2.75) is 6.92 Å². The first-order valence-electron chi connectivity index (χ1n) is 16.6. The van der Waals surface area contributed by atoms with Crippen molar-refractivity contribution >= 4 is 98.7 Å². The van der Waals surface area contributed by atoms with Gasteiger partial charge in [0.15, 0.2) is 0 Å². The minimum atomic E-state index is 0.867. The zero-order valence-electron chi connectivity index (χ0n) is 26.8. The Morgan fingerprint density at radius 1 is 0.673 bits per heavy atom. The third kappa shape index (κ3) is 3.89. The molecule has 0 atom stereocenters. The van der Waals surface area contributed by atoms with E-state index in [1.807, 2.05) is 29.7 Å². The predicted octanol–water partition coefficient (Wildman–Crippen LogP) is 12.7. The van der Waals surface area contributed by atoms with Crippen LogP contribution in [0.3, 0.4) is 0 Å². The van der Waals surface area contributed by atoms with Crippen LogP contribution in [0.2, 0.25) is 0 Å². The van der Waals surface area contributed by atoms with Crippen molar-refractivity contribution in [1.29, 1.82) is 0 Å². The van der Waals surface area contributed by atoms with Crippen molar-refractivity contribution in [2.75, 3.05) is 0 Å². The lowest BCUT2D eigenvalue weighted by Crippen LogP contribution is -2.00. The predicted molar refractivity (Wildman–Crippen MR) is 212 cm³/mol. The number of aromatic nitrogens is 3. The molecule has 0 N–H and O–H groups in total. The number of para-hydroxylation sites is 1. The Morgan fingerprint density at radius 2 is 1.33 bits per heavy atom. The van der Waals surface area contributed by atoms with Crippen LogP contribution in [0.15, 0.2) is 140 Å². The van der Waals surface area contributed by atoms with Gasteiger partial charge in [0, 0.05) is 49.1 Å². The maximum atomic E-state index is 5.36.